The van der Waals surface area contributed by atoms with Crippen molar-refractivity contribution >= 4 is 11.8 Å². The van der Waals surface area contributed by atoms with Gasteiger partial charge in [-0.05, 0) is 24.8 Å². The van der Waals surface area contributed by atoms with Crippen molar-refractivity contribution in [1.82, 2.24) is 4.90 Å². The largest absolute Gasteiger partial charge is 0.368 e. The summed E-state index contributed by atoms with van der Waals surface area (Å²) in [6.07, 6.45) is 0.873. The minimum atomic E-state index is -0.456. The van der Waals surface area contributed by atoms with E-state index < -0.39 is 5.91 Å². The van der Waals surface area contributed by atoms with Crippen LogP contribution in [0.25, 0.3) is 0 Å². The second kappa shape index (κ2) is 5.21. The van der Waals surface area contributed by atoms with E-state index in [0.29, 0.717) is 12.5 Å². The number of hydrogen-bond donors (Lipinski definition) is 1. The van der Waals surface area contributed by atoms with Gasteiger partial charge in [0.2, 0.25) is 11.8 Å². The third-order valence-electron chi connectivity index (χ3n) is 3.38. The highest BCUT2D eigenvalue weighted by molar-refractivity contribution is 5.87. The summed E-state index contributed by atoms with van der Waals surface area (Å²) in [6.45, 7) is 2.41. The van der Waals surface area contributed by atoms with Crippen molar-refractivity contribution in [1.29, 1.82) is 0 Å². The number of nitrogens with two attached hydrogens (primary N) is 1. The lowest BCUT2D eigenvalue weighted by atomic mass is 10.1. The van der Waals surface area contributed by atoms with Gasteiger partial charge in [-0.15, -0.1) is 0 Å². The average Bonchev–Trinajstić information content (AvgIpc) is 3.16. The minimum Gasteiger partial charge on any atom is -0.368 e. The molecule has 1 aromatic carbocycles. The zero-order valence-electron chi connectivity index (χ0n) is 10.5. The molecule has 2 N–H and O–H groups in total. The first kappa shape index (κ1) is 12.6. The third-order valence-corrected chi connectivity index (χ3v) is 3.38. The van der Waals surface area contributed by atoms with Crippen molar-refractivity contribution in [2.24, 2.45) is 11.7 Å². The Morgan fingerprint density at radius 2 is 2.00 bits per heavy atom. The van der Waals surface area contributed by atoms with Crippen LogP contribution >= 0.6 is 0 Å². The summed E-state index contributed by atoms with van der Waals surface area (Å²) in [5, 5.41) is 0. The summed E-state index contributed by atoms with van der Waals surface area (Å²) in [5.74, 6) is -0.0837. The van der Waals surface area contributed by atoms with E-state index in [9.17, 15) is 9.59 Å². The molecule has 0 heterocycles. The van der Waals surface area contributed by atoms with E-state index in [1.54, 1.807) is 0 Å². The summed E-state index contributed by atoms with van der Waals surface area (Å²) < 4.78 is 0. The van der Waals surface area contributed by atoms with Crippen molar-refractivity contribution in [3.05, 3.63) is 35.9 Å². The van der Waals surface area contributed by atoms with Crippen LogP contribution in [0.3, 0.4) is 0 Å². The zero-order valence-corrected chi connectivity index (χ0v) is 10.5. The Kier molecular flexibility index (Phi) is 3.65. The van der Waals surface area contributed by atoms with Gasteiger partial charge in [0, 0.05) is 12.5 Å². The van der Waals surface area contributed by atoms with Crippen molar-refractivity contribution in [2.75, 3.05) is 13.1 Å². The second-order valence-corrected chi connectivity index (χ2v) is 4.68. The fourth-order valence-electron chi connectivity index (χ4n) is 2.30. The zero-order chi connectivity index (χ0) is 13.1. The first-order chi connectivity index (χ1) is 8.63. The quantitative estimate of drug-likeness (QED) is 0.846. The predicted molar refractivity (Wildman–Crippen MR) is 68.7 cm³/mol. The molecule has 4 nitrogen and oxygen atoms in total. The highest BCUT2D eigenvalue weighted by Gasteiger charge is 2.45. The summed E-state index contributed by atoms with van der Waals surface area (Å²) in [4.78, 5) is 24.6. The lowest BCUT2D eigenvalue weighted by molar-refractivity contribution is -0.136. The highest BCUT2D eigenvalue weighted by Crippen LogP contribution is 2.48. The van der Waals surface area contributed by atoms with Gasteiger partial charge in [0.1, 0.15) is 0 Å². The minimum absolute atomic E-state index is 0.0201. The van der Waals surface area contributed by atoms with Crippen LogP contribution in [-0.4, -0.2) is 29.8 Å². The molecule has 1 fully saturated rings. The monoisotopic (exact) mass is 246 g/mol. The van der Waals surface area contributed by atoms with Gasteiger partial charge < -0.3 is 10.6 Å². The fourth-order valence-corrected chi connectivity index (χ4v) is 2.30. The SMILES string of the molecule is CCN(CC(N)=O)C(=O)[C@H]1C[C@H]1c1ccccc1. The fraction of sp³-hybridized carbons (Fsp3) is 0.429. The number of amides is 2. The molecule has 4 heteroatoms. The van der Waals surface area contributed by atoms with Crippen molar-refractivity contribution in [3.63, 3.8) is 0 Å². The number of likely N-dealkylation sites (N-methyl/N-ethyl adjacent to an activating group) is 1. The van der Waals surface area contributed by atoms with Crippen molar-refractivity contribution in [2.45, 2.75) is 19.3 Å². The van der Waals surface area contributed by atoms with Crippen LogP contribution in [0.2, 0.25) is 0 Å². The van der Waals surface area contributed by atoms with E-state index in [1.807, 2.05) is 37.3 Å². The molecule has 0 aliphatic heterocycles. The normalized spacial score (nSPS) is 21.4. The molecule has 0 aromatic heterocycles. The van der Waals surface area contributed by atoms with Crippen LogP contribution in [-0.2, 0) is 9.59 Å². The average molecular weight is 246 g/mol. The Morgan fingerprint density at radius 1 is 1.33 bits per heavy atom. The van der Waals surface area contributed by atoms with Crippen LogP contribution < -0.4 is 5.73 Å². The van der Waals surface area contributed by atoms with Crippen molar-refractivity contribution in [3.8, 4) is 0 Å². The maximum atomic E-state index is 12.2. The Balaban J connectivity index is 1.98. The van der Waals surface area contributed by atoms with Crippen molar-refractivity contribution < 1.29 is 9.59 Å². The summed E-state index contributed by atoms with van der Waals surface area (Å²) in [5.41, 5.74) is 6.34. The lowest BCUT2D eigenvalue weighted by Crippen LogP contribution is -2.39. The molecule has 0 saturated heterocycles. The molecule has 0 unspecified atom stereocenters. The lowest BCUT2D eigenvalue weighted by Gasteiger charge is -2.19. The van der Waals surface area contributed by atoms with E-state index in [4.69, 9.17) is 5.73 Å². The molecular formula is C14H18N2O2. The van der Waals surface area contributed by atoms with Crippen LogP contribution in [0.1, 0.15) is 24.8 Å². The Morgan fingerprint density at radius 3 is 2.56 bits per heavy atom. The van der Waals surface area contributed by atoms with Gasteiger partial charge in [0.05, 0.1) is 6.54 Å². The molecule has 0 spiro atoms. The maximum Gasteiger partial charge on any atom is 0.237 e. The molecule has 1 aliphatic carbocycles. The molecule has 0 bridgehead atoms. The molecule has 1 aromatic rings. The molecule has 1 aliphatic rings. The Labute approximate surface area is 107 Å². The van der Waals surface area contributed by atoms with Gasteiger partial charge >= 0.3 is 0 Å². The topological polar surface area (TPSA) is 63.4 Å². The number of rotatable bonds is 5. The van der Waals surface area contributed by atoms with Crippen LogP contribution in [0.4, 0.5) is 0 Å². The van der Waals surface area contributed by atoms with Gasteiger partial charge in [0.25, 0.3) is 0 Å². The molecule has 2 rings (SSSR count). The molecular weight excluding hydrogens is 228 g/mol. The molecule has 2 atom stereocenters. The predicted octanol–water partition coefficient (Wildman–Crippen LogP) is 1.12. The number of carbonyl (C=O) groups is 2. The van der Waals surface area contributed by atoms with E-state index in [0.717, 1.165) is 6.42 Å². The van der Waals surface area contributed by atoms with Crippen LogP contribution in [0.15, 0.2) is 30.3 Å². The van der Waals surface area contributed by atoms with Crippen LogP contribution in [0.5, 0.6) is 0 Å². The molecule has 18 heavy (non-hydrogen) atoms. The molecule has 2 amide bonds. The van der Waals surface area contributed by atoms with Gasteiger partial charge in [-0.3, -0.25) is 9.59 Å². The van der Waals surface area contributed by atoms with Gasteiger partial charge in [-0.2, -0.15) is 0 Å². The molecule has 0 radical (unpaired) electrons. The van der Waals surface area contributed by atoms with E-state index in [2.05, 4.69) is 0 Å². The van der Waals surface area contributed by atoms with Gasteiger partial charge in [0.15, 0.2) is 0 Å². The van der Waals surface area contributed by atoms with E-state index in [-0.39, 0.29) is 18.4 Å². The van der Waals surface area contributed by atoms with E-state index >= 15 is 0 Å². The standard InChI is InChI=1S/C14H18N2O2/c1-2-16(9-13(15)17)14(18)12-8-11(12)10-6-4-3-5-7-10/h3-7,11-12H,2,8-9H2,1H3,(H2,15,17)/t11-,12-/m0/s1. The molecule has 1 saturated carbocycles. The van der Waals surface area contributed by atoms with E-state index in [1.165, 1.54) is 10.5 Å². The molecule has 96 valence electrons. The Bertz CT molecular complexity index is 444. The number of benzene rings is 1. The third kappa shape index (κ3) is 2.70. The van der Waals surface area contributed by atoms with Gasteiger partial charge in [-0.1, -0.05) is 30.3 Å². The number of carbonyl (C=O) groups excluding carboxylic acids is 2. The second-order valence-electron chi connectivity index (χ2n) is 4.68. The summed E-state index contributed by atoms with van der Waals surface area (Å²) in [7, 11) is 0. The summed E-state index contributed by atoms with van der Waals surface area (Å²) in [6, 6.07) is 10.0. The highest BCUT2D eigenvalue weighted by atomic mass is 16.2. The Hall–Kier alpha value is -1.84. The maximum absolute atomic E-state index is 12.2. The van der Waals surface area contributed by atoms with Gasteiger partial charge in [-0.25, -0.2) is 0 Å². The summed E-state index contributed by atoms with van der Waals surface area (Å²) >= 11 is 0. The number of nitrogens with zero attached hydrogens (tertiary/aromatic N) is 1. The first-order valence-corrected chi connectivity index (χ1v) is 6.25. The van der Waals surface area contributed by atoms with Crippen LogP contribution in [0, 0.1) is 5.92 Å². The smallest absolute Gasteiger partial charge is 0.237 e. The number of primary amides is 1. The number of hydrogen-bond acceptors (Lipinski definition) is 2. The first-order valence-electron chi connectivity index (χ1n) is 6.25.